The Bertz CT molecular complexity index is 1200. The number of ether oxygens (including phenoxy) is 4. The van der Waals surface area contributed by atoms with Crippen molar-refractivity contribution in [2.45, 2.75) is 18.7 Å². The topological polar surface area (TPSA) is 52.5 Å². The summed E-state index contributed by atoms with van der Waals surface area (Å²) in [6, 6.07) is 19.3. The molecular weight excluding hydrogens is 428 g/mol. The summed E-state index contributed by atoms with van der Waals surface area (Å²) < 4.78 is 23.0. The highest BCUT2D eigenvalue weighted by Gasteiger charge is 2.42. The van der Waals surface area contributed by atoms with Gasteiger partial charge in [-0.25, -0.2) is 5.01 Å². The van der Waals surface area contributed by atoms with Crippen molar-refractivity contribution in [3.63, 3.8) is 0 Å². The number of rotatable bonds is 5. The Kier molecular flexibility index (Phi) is 5.31. The van der Waals surface area contributed by atoms with Gasteiger partial charge in [-0.2, -0.15) is 5.10 Å². The number of hydrazone groups is 1. The molecule has 32 heavy (non-hydrogen) atoms. The first-order chi connectivity index (χ1) is 15.6. The van der Waals surface area contributed by atoms with Crippen LogP contribution >= 0.6 is 11.6 Å². The average molecular weight is 451 g/mol. The summed E-state index contributed by atoms with van der Waals surface area (Å²) in [7, 11) is 4.95. The van der Waals surface area contributed by atoms with Crippen molar-refractivity contribution in [1.29, 1.82) is 0 Å². The molecule has 2 aliphatic rings. The number of hydrogen-bond acceptors (Lipinski definition) is 6. The summed E-state index contributed by atoms with van der Waals surface area (Å²) in [5.41, 5.74) is 3.82. The summed E-state index contributed by atoms with van der Waals surface area (Å²) in [6.07, 6.45) is 0.231. The number of benzene rings is 3. The van der Waals surface area contributed by atoms with Crippen molar-refractivity contribution in [3.05, 3.63) is 82.4 Å². The highest BCUT2D eigenvalue weighted by molar-refractivity contribution is 6.30. The van der Waals surface area contributed by atoms with Crippen molar-refractivity contribution in [2.24, 2.45) is 5.10 Å². The predicted octanol–water partition coefficient (Wildman–Crippen LogP) is 5.61. The van der Waals surface area contributed by atoms with E-state index in [0.29, 0.717) is 17.2 Å². The number of methoxy groups -OCH3 is 3. The van der Waals surface area contributed by atoms with E-state index in [4.69, 9.17) is 35.6 Å². The van der Waals surface area contributed by atoms with Crippen molar-refractivity contribution in [3.8, 4) is 23.0 Å². The molecule has 2 unspecified atom stereocenters. The lowest BCUT2D eigenvalue weighted by Crippen LogP contribution is -2.34. The van der Waals surface area contributed by atoms with Crippen molar-refractivity contribution in [1.82, 2.24) is 5.01 Å². The van der Waals surface area contributed by atoms with Crippen LogP contribution in [0.4, 0.5) is 0 Å². The van der Waals surface area contributed by atoms with E-state index in [-0.39, 0.29) is 6.04 Å². The van der Waals surface area contributed by atoms with Gasteiger partial charge in [0.2, 0.25) is 6.23 Å². The van der Waals surface area contributed by atoms with Crippen LogP contribution in [0.25, 0.3) is 0 Å². The molecule has 0 aromatic heterocycles. The highest BCUT2D eigenvalue weighted by Crippen LogP contribution is 2.50. The van der Waals surface area contributed by atoms with Gasteiger partial charge < -0.3 is 18.9 Å². The van der Waals surface area contributed by atoms with Gasteiger partial charge in [-0.15, -0.1) is 0 Å². The number of nitrogens with zero attached hydrogens (tertiary/aromatic N) is 2. The third kappa shape index (κ3) is 3.50. The summed E-state index contributed by atoms with van der Waals surface area (Å²) >= 11 is 6.34. The maximum Gasteiger partial charge on any atom is 0.217 e. The molecule has 0 bridgehead atoms. The second kappa shape index (κ2) is 8.28. The third-order valence-corrected chi connectivity index (χ3v) is 6.09. The van der Waals surface area contributed by atoms with Crippen LogP contribution in [-0.4, -0.2) is 32.0 Å². The second-order valence-electron chi connectivity index (χ2n) is 7.64. The molecule has 2 heterocycles. The summed E-state index contributed by atoms with van der Waals surface area (Å²) in [6.45, 7) is 0. The minimum absolute atomic E-state index is 0.0282. The lowest BCUT2D eigenvalue weighted by Gasteiger charge is -2.38. The van der Waals surface area contributed by atoms with E-state index >= 15 is 0 Å². The predicted molar refractivity (Wildman–Crippen MR) is 123 cm³/mol. The molecule has 0 radical (unpaired) electrons. The smallest absolute Gasteiger partial charge is 0.217 e. The van der Waals surface area contributed by atoms with Gasteiger partial charge >= 0.3 is 0 Å². The number of halogens is 1. The Hall–Kier alpha value is -3.38. The lowest BCUT2D eigenvalue weighted by atomic mass is 9.95. The molecule has 3 aromatic carbocycles. The van der Waals surface area contributed by atoms with Crippen LogP contribution < -0.4 is 18.9 Å². The fraction of sp³-hybridized carbons (Fsp3) is 0.240. The van der Waals surface area contributed by atoms with Crippen LogP contribution in [0.2, 0.25) is 5.02 Å². The quantitative estimate of drug-likeness (QED) is 0.505. The monoisotopic (exact) mass is 450 g/mol. The molecule has 0 aliphatic carbocycles. The Labute approximate surface area is 191 Å². The Morgan fingerprint density at radius 2 is 1.72 bits per heavy atom. The van der Waals surface area contributed by atoms with E-state index in [1.807, 2.05) is 65.7 Å². The van der Waals surface area contributed by atoms with E-state index in [2.05, 4.69) is 0 Å². The molecule has 0 amide bonds. The van der Waals surface area contributed by atoms with E-state index in [1.54, 1.807) is 21.3 Å². The Balaban J connectivity index is 1.63. The summed E-state index contributed by atoms with van der Waals surface area (Å²) in [5, 5.41) is 7.66. The van der Waals surface area contributed by atoms with Crippen LogP contribution in [-0.2, 0) is 0 Å². The van der Waals surface area contributed by atoms with Crippen LogP contribution in [0.5, 0.6) is 23.0 Å². The van der Waals surface area contributed by atoms with Crippen LogP contribution in [0.15, 0.2) is 65.8 Å². The summed E-state index contributed by atoms with van der Waals surface area (Å²) in [5.74, 6) is 3.00. The van der Waals surface area contributed by atoms with E-state index in [9.17, 15) is 0 Å². The van der Waals surface area contributed by atoms with Gasteiger partial charge in [-0.1, -0.05) is 23.7 Å². The van der Waals surface area contributed by atoms with Gasteiger partial charge in [-0.3, -0.25) is 0 Å². The van der Waals surface area contributed by atoms with Gasteiger partial charge in [-0.05, 0) is 48.5 Å². The lowest BCUT2D eigenvalue weighted by molar-refractivity contribution is -0.0204. The molecule has 0 saturated heterocycles. The molecular formula is C25H23ClN2O4. The van der Waals surface area contributed by atoms with E-state index < -0.39 is 6.23 Å². The first kappa shape index (κ1) is 20.5. The minimum atomic E-state index is -0.484. The first-order valence-electron chi connectivity index (χ1n) is 10.3. The molecule has 164 valence electrons. The van der Waals surface area contributed by atoms with Crippen LogP contribution in [0, 0.1) is 0 Å². The largest absolute Gasteiger partial charge is 0.497 e. The highest BCUT2D eigenvalue weighted by atomic mass is 35.5. The third-order valence-electron chi connectivity index (χ3n) is 5.86. The molecule has 0 fully saturated rings. The van der Waals surface area contributed by atoms with Gasteiger partial charge in [0.1, 0.15) is 23.0 Å². The molecule has 2 atom stereocenters. The molecule has 0 spiro atoms. The number of hydrogen-bond donors (Lipinski definition) is 0. The molecule has 0 saturated carbocycles. The fourth-order valence-electron chi connectivity index (χ4n) is 4.27. The van der Waals surface area contributed by atoms with E-state index in [1.165, 1.54) is 0 Å². The molecule has 7 heteroatoms. The zero-order chi connectivity index (χ0) is 22.2. The molecule has 2 aliphatic heterocycles. The molecule has 0 N–H and O–H groups in total. The SMILES string of the molecule is COc1cccc(C2=NN3C(C2)c2cc(Cl)ccc2OC3c2cc(OC)ccc2OC)c1. The normalized spacial score (nSPS) is 18.9. The first-order valence-corrected chi connectivity index (χ1v) is 10.7. The fourth-order valence-corrected chi connectivity index (χ4v) is 4.45. The molecule has 3 aromatic rings. The summed E-state index contributed by atoms with van der Waals surface area (Å²) in [4.78, 5) is 0. The molecule has 6 nitrogen and oxygen atoms in total. The van der Waals surface area contributed by atoms with Crippen molar-refractivity contribution < 1.29 is 18.9 Å². The molecule has 5 rings (SSSR count). The zero-order valence-corrected chi connectivity index (χ0v) is 18.8. The average Bonchev–Trinajstić information content (AvgIpc) is 3.29. The van der Waals surface area contributed by atoms with Crippen LogP contribution in [0.3, 0.4) is 0 Å². The standard InChI is InChI=1S/C25H23ClN2O4/c1-29-17-6-4-5-15(11-17)21-14-22-19-12-16(26)7-9-24(19)32-25(28(22)27-21)20-13-18(30-2)8-10-23(20)31-3/h4-13,22,25H,14H2,1-3H3. The number of fused-ring (bicyclic) bond motifs is 3. The maximum atomic E-state index is 6.46. The van der Waals surface area contributed by atoms with Gasteiger partial charge in [0, 0.05) is 22.6 Å². The maximum absolute atomic E-state index is 6.46. The van der Waals surface area contributed by atoms with Crippen molar-refractivity contribution in [2.75, 3.05) is 21.3 Å². The van der Waals surface area contributed by atoms with E-state index in [0.717, 1.165) is 39.7 Å². The van der Waals surface area contributed by atoms with Crippen molar-refractivity contribution >= 4 is 17.3 Å². The second-order valence-corrected chi connectivity index (χ2v) is 8.08. The van der Waals surface area contributed by atoms with Gasteiger partial charge in [0.05, 0.1) is 38.6 Å². The van der Waals surface area contributed by atoms with Gasteiger partial charge in [0.15, 0.2) is 0 Å². The van der Waals surface area contributed by atoms with Gasteiger partial charge in [0.25, 0.3) is 0 Å². The minimum Gasteiger partial charge on any atom is -0.497 e. The van der Waals surface area contributed by atoms with Crippen LogP contribution in [0.1, 0.15) is 35.4 Å². The Morgan fingerprint density at radius 3 is 2.50 bits per heavy atom. The Morgan fingerprint density at radius 1 is 0.906 bits per heavy atom. The zero-order valence-electron chi connectivity index (χ0n) is 18.0.